The third kappa shape index (κ3) is 3.39. The van der Waals surface area contributed by atoms with Crippen LogP contribution in [-0.2, 0) is 9.53 Å². The number of rotatable bonds is 3. The third-order valence-corrected chi connectivity index (χ3v) is 3.69. The minimum Gasteiger partial charge on any atom is -0.469 e. The van der Waals surface area contributed by atoms with E-state index in [0.29, 0.717) is 12.0 Å². The molecule has 104 valence electrons. The molecule has 1 heterocycles. The van der Waals surface area contributed by atoms with Crippen molar-refractivity contribution in [3.05, 3.63) is 11.4 Å². The van der Waals surface area contributed by atoms with E-state index in [-0.39, 0.29) is 11.9 Å². The largest absolute Gasteiger partial charge is 0.469 e. The van der Waals surface area contributed by atoms with Gasteiger partial charge in [0.1, 0.15) is 0 Å². The summed E-state index contributed by atoms with van der Waals surface area (Å²) < 4.78 is 4.78. The molecular weight excluding hydrogens is 244 g/mol. The number of aromatic nitrogens is 3. The number of esters is 1. The summed E-state index contributed by atoms with van der Waals surface area (Å²) in [7, 11) is 1.45. The third-order valence-electron chi connectivity index (χ3n) is 3.69. The second-order valence-corrected chi connectivity index (χ2v) is 5.02. The van der Waals surface area contributed by atoms with Crippen LogP contribution in [-0.4, -0.2) is 34.3 Å². The molecule has 0 aromatic carbocycles. The van der Waals surface area contributed by atoms with E-state index in [1.54, 1.807) is 0 Å². The first-order valence-electron chi connectivity index (χ1n) is 6.62. The van der Waals surface area contributed by atoms with Gasteiger partial charge in [0.05, 0.1) is 24.4 Å². The second-order valence-electron chi connectivity index (χ2n) is 5.02. The van der Waals surface area contributed by atoms with Crippen LogP contribution in [0.3, 0.4) is 0 Å². The van der Waals surface area contributed by atoms with Crippen molar-refractivity contribution in [1.82, 2.24) is 15.2 Å². The lowest BCUT2D eigenvalue weighted by atomic mass is 9.86. The van der Waals surface area contributed by atoms with Crippen LogP contribution in [0.1, 0.15) is 37.1 Å². The van der Waals surface area contributed by atoms with Gasteiger partial charge in [0.15, 0.2) is 0 Å². The molecule has 0 atom stereocenters. The Labute approximate surface area is 113 Å². The molecule has 0 unspecified atom stereocenters. The Bertz CT molecular complexity index is 456. The van der Waals surface area contributed by atoms with Crippen molar-refractivity contribution in [3.8, 4) is 0 Å². The number of carbonyl (C=O) groups is 1. The number of hydrogen-bond acceptors (Lipinski definition) is 6. The van der Waals surface area contributed by atoms with Gasteiger partial charge in [0.25, 0.3) is 0 Å². The van der Waals surface area contributed by atoms with Crippen molar-refractivity contribution in [3.63, 3.8) is 0 Å². The number of aryl methyl sites for hydroxylation is 2. The molecule has 0 amide bonds. The first-order chi connectivity index (χ1) is 9.10. The Morgan fingerprint density at radius 2 is 1.84 bits per heavy atom. The fraction of sp³-hybridized carbons (Fsp3) is 0.692. The van der Waals surface area contributed by atoms with E-state index in [2.05, 4.69) is 20.5 Å². The summed E-state index contributed by atoms with van der Waals surface area (Å²) in [6.45, 7) is 3.81. The topological polar surface area (TPSA) is 77.0 Å². The molecule has 6 heteroatoms. The molecule has 1 aliphatic carbocycles. The quantitative estimate of drug-likeness (QED) is 0.836. The van der Waals surface area contributed by atoms with Crippen LogP contribution in [0.2, 0.25) is 0 Å². The molecule has 6 nitrogen and oxygen atoms in total. The highest BCUT2D eigenvalue weighted by Crippen LogP contribution is 2.26. The van der Waals surface area contributed by atoms with Crippen LogP contribution >= 0.6 is 0 Å². The number of nitrogens with one attached hydrogen (secondary N) is 1. The molecule has 0 radical (unpaired) electrons. The fourth-order valence-corrected chi connectivity index (χ4v) is 2.34. The van der Waals surface area contributed by atoms with Gasteiger partial charge in [0.2, 0.25) is 5.95 Å². The van der Waals surface area contributed by atoms with E-state index < -0.39 is 0 Å². The zero-order valence-corrected chi connectivity index (χ0v) is 11.6. The van der Waals surface area contributed by atoms with Crippen LogP contribution in [0.15, 0.2) is 0 Å². The lowest BCUT2D eigenvalue weighted by Crippen LogP contribution is -2.30. The predicted octanol–water partition coefficient (Wildman–Crippen LogP) is 1.63. The van der Waals surface area contributed by atoms with Crippen molar-refractivity contribution < 1.29 is 9.53 Å². The first kappa shape index (κ1) is 13.7. The van der Waals surface area contributed by atoms with Crippen molar-refractivity contribution >= 4 is 11.9 Å². The highest BCUT2D eigenvalue weighted by Gasteiger charge is 2.27. The summed E-state index contributed by atoms with van der Waals surface area (Å²) in [6, 6.07) is 0.310. The Kier molecular flexibility index (Phi) is 4.29. The summed E-state index contributed by atoms with van der Waals surface area (Å²) in [5.74, 6) is 0.522. The maximum atomic E-state index is 11.4. The lowest BCUT2D eigenvalue weighted by Gasteiger charge is -2.27. The number of carbonyl (C=O) groups excluding carboxylic acids is 1. The van der Waals surface area contributed by atoms with Gasteiger partial charge in [0, 0.05) is 6.04 Å². The maximum Gasteiger partial charge on any atom is 0.308 e. The molecule has 1 aromatic heterocycles. The van der Waals surface area contributed by atoms with Gasteiger partial charge in [-0.25, -0.2) is 4.98 Å². The van der Waals surface area contributed by atoms with Crippen LogP contribution in [0, 0.1) is 19.8 Å². The average molecular weight is 264 g/mol. The molecule has 0 aliphatic heterocycles. The van der Waals surface area contributed by atoms with Crippen LogP contribution in [0.25, 0.3) is 0 Å². The van der Waals surface area contributed by atoms with Crippen molar-refractivity contribution in [2.45, 2.75) is 45.6 Å². The molecule has 1 N–H and O–H groups in total. The minimum absolute atomic E-state index is 0.0434. The van der Waals surface area contributed by atoms with Crippen LogP contribution in [0.5, 0.6) is 0 Å². The minimum atomic E-state index is -0.0949. The highest BCUT2D eigenvalue weighted by molar-refractivity contribution is 5.72. The molecule has 1 saturated carbocycles. The van der Waals surface area contributed by atoms with E-state index in [0.717, 1.165) is 37.1 Å². The molecule has 0 spiro atoms. The van der Waals surface area contributed by atoms with E-state index in [1.165, 1.54) is 7.11 Å². The average Bonchev–Trinajstić information content (AvgIpc) is 2.43. The fourth-order valence-electron chi connectivity index (χ4n) is 2.34. The zero-order chi connectivity index (χ0) is 13.8. The van der Waals surface area contributed by atoms with E-state index in [1.807, 2.05) is 13.8 Å². The van der Waals surface area contributed by atoms with Gasteiger partial charge in [-0.3, -0.25) is 4.79 Å². The predicted molar refractivity (Wildman–Crippen MR) is 70.7 cm³/mol. The van der Waals surface area contributed by atoms with Crippen molar-refractivity contribution in [2.75, 3.05) is 12.4 Å². The standard InChI is InChI=1S/C13H20N4O2/c1-8-9(2)16-17-13(14-8)15-11-6-4-10(5-7-11)12(18)19-3/h10-11H,4-7H2,1-3H3,(H,14,15,17). The normalized spacial score (nSPS) is 22.9. The molecule has 1 aromatic rings. The van der Waals surface area contributed by atoms with Crippen LogP contribution in [0.4, 0.5) is 5.95 Å². The van der Waals surface area contributed by atoms with Gasteiger partial charge < -0.3 is 10.1 Å². The number of anilines is 1. The molecular formula is C13H20N4O2. The second kappa shape index (κ2) is 5.95. The number of nitrogens with zero attached hydrogens (tertiary/aromatic N) is 3. The molecule has 2 rings (SSSR count). The molecule has 1 aliphatic rings. The summed E-state index contributed by atoms with van der Waals surface area (Å²) in [4.78, 5) is 15.8. The summed E-state index contributed by atoms with van der Waals surface area (Å²) in [5.41, 5.74) is 1.74. The van der Waals surface area contributed by atoms with Gasteiger partial charge in [-0.05, 0) is 39.5 Å². The summed E-state index contributed by atoms with van der Waals surface area (Å²) in [5, 5.41) is 11.4. The van der Waals surface area contributed by atoms with Crippen LogP contribution < -0.4 is 5.32 Å². The monoisotopic (exact) mass is 264 g/mol. The number of ether oxygens (including phenoxy) is 1. The van der Waals surface area contributed by atoms with Gasteiger partial charge in [-0.2, -0.15) is 5.10 Å². The van der Waals surface area contributed by atoms with Crippen molar-refractivity contribution in [2.24, 2.45) is 5.92 Å². The van der Waals surface area contributed by atoms with Gasteiger partial charge >= 0.3 is 5.97 Å². The van der Waals surface area contributed by atoms with E-state index in [4.69, 9.17) is 4.74 Å². The summed E-state index contributed by atoms with van der Waals surface area (Å²) in [6.07, 6.45) is 3.55. The van der Waals surface area contributed by atoms with E-state index >= 15 is 0 Å². The Balaban J connectivity index is 1.88. The smallest absolute Gasteiger partial charge is 0.308 e. The molecule has 1 fully saturated rings. The highest BCUT2D eigenvalue weighted by atomic mass is 16.5. The number of methoxy groups -OCH3 is 1. The Hall–Kier alpha value is -1.72. The van der Waals surface area contributed by atoms with Crippen molar-refractivity contribution in [1.29, 1.82) is 0 Å². The Morgan fingerprint density at radius 3 is 2.42 bits per heavy atom. The Morgan fingerprint density at radius 1 is 1.16 bits per heavy atom. The van der Waals surface area contributed by atoms with E-state index in [9.17, 15) is 4.79 Å². The molecule has 0 saturated heterocycles. The molecule has 19 heavy (non-hydrogen) atoms. The lowest BCUT2D eigenvalue weighted by molar-refractivity contribution is -0.146. The maximum absolute atomic E-state index is 11.4. The number of hydrogen-bond donors (Lipinski definition) is 1. The zero-order valence-electron chi connectivity index (χ0n) is 11.6. The van der Waals surface area contributed by atoms with Gasteiger partial charge in [-0.1, -0.05) is 0 Å². The first-order valence-corrected chi connectivity index (χ1v) is 6.62. The van der Waals surface area contributed by atoms with Gasteiger partial charge in [-0.15, -0.1) is 5.10 Å². The SMILES string of the molecule is COC(=O)C1CCC(Nc2nnc(C)c(C)n2)CC1. The summed E-state index contributed by atoms with van der Waals surface area (Å²) >= 11 is 0. The molecule has 0 bridgehead atoms.